The molecule has 0 spiro atoms. The van der Waals surface area contributed by atoms with E-state index in [1.165, 1.54) is 72.7 Å². The first-order chi connectivity index (χ1) is 32.7. The highest BCUT2D eigenvalue weighted by atomic mass is 32.1. The maximum atomic E-state index is 6.83. The second kappa shape index (κ2) is 13.6. The van der Waals surface area contributed by atoms with Crippen LogP contribution in [0, 0.1) is 0 Å². The minimum atomic E-state index is 0.579. The Balaban J connectivity index is 1.04. The molecular formula is C59H32N4OS2. The van der Waals surface area contributed by atoms with Gasteiger partial charge in [0.25, 0.3) is 0 Å². The van der Waals surface area contributed by atoms with E-state index in [9.17, 15) is 0 Å². The molecule has 0 saturated heterocycles. The van der Waals surface area contributed by atoms with Crippen LogP contribution < -0.4 is 0 Å². The van der Waals surface area contributed by atoms with Crippen molar-refractivity contribution in [1.82, 2.24) is 19.5 Å². The second-order valence-corrected chi connectivity index (χ2v) is 19.3. The lowest BCUT2D eigenvalue weighted by atomic mass is 10.0. The summed E-state index contributed by atoms with van der Waals surface area (Å²) < 4.78 is 14.2. The van der Waals surface area contributed by atoms with Crippen molar-refractivity contribution < 1.29 is 4.42 Å². The highest BCUT2D eigenvalue weighted by molar-refractivity contribution is 7.26. The molecule has 0 atom stereocenters. The largest absolute Gasteiger partial charge is 0.456 e. The molecule has 5 nitrogen and oxygen atoms in total. The van der Waals surface area contributed by atoms with E-state index < -0.39 is 0 Å². The number of nitrogens with zero attached hydrogens (tertiary/aromatic N) is 4. The van der Waals surface area contributed by atoms with Gasteiger partial charge in [0, 0.05) is 84.6 Å². The highest BCUT2D eigenvalue weighted by Gasteiger charge is 2.23. The monoisotopic (exact) mass is 876 g/mol. The molecule has 66 heavy (non-hydrogen) atoms. The first-order valence-electron chi connectivity index (χ1n) is 22.1. The fourth-order valence-corrected chi connectivity index (χ4v) is 12.6. The van der Waals surface area contributed by atoms with E-state index in [-0.39, 0.29) is 0 Å². The number of hydrogen-bond acceptors (Lipinski definition) is 6. The second-order valence-electron chi connectivity index (χ2n) is 17.1. The first-order valence-corrected chi connectivity index (χ1v) is 23.7. The third-order valence-corrected chi connectivity index (χ3v) is 15.7. The molecule has 306 valence electrons. The van der Waals surface area contributed by atoms with Gasteiger partial charge in [0.05, 0.1) is 16.7 Å². The fraction of sp³-hybridized carbons (Fsp3) is 0. The summed E-state index contributed by atoms with van der Waals surface area (Å²) >= 11 is 3.62. The van der Waals surface area contributed by atoms with Crippen molar-refractivity contribution in [1.29, 1.82) is 0 Å². The van der Waals surface area contributed by atoms with E-state index >= 15 is 0 Å². The van der Waals surface area contributed by atoms with Crippen molar-refractivity contribution in [2.24, 2.45) is 0 Å². The standard InChI is InChI=1S/C59H32N4OS2/c1-2-13-35-30-48-45(27-34(35)12-1)55-39-14-4-3-11-33(39)21-24-47(55)63(48)38-31-46(56-42-17-5-8-18-49(42)64-50(56)32-38)59-61-57(36-22-25-53-43(28-36)40-15-6-9-19-51(40)65-53)60-58(62-59)37-23-26-54-44(29-37)41-16-7-10-20-52(41)66-54/h1-32H. The molecular weight excluding hydrogens is 845 g/mol. The average molecular weight is 877 g/mol. The van der Waals surface area contributed by atoms with Gasteiger partial charge in [0.2, 0.25) is 0 Å². The Hall–Kier alpha value is -8.23. The Morgan fingerprint density at radius 2 is 0.909 bits per heavy atom. The van der Waals surface area contributed by atoms with Crippen molar-refractivity contribution in [3.05, 3.63) is 194 Å². The van der Waals surface area contributed by atoms with Crippen LogP contribution in [0.25, 0.3) is 145 Å². The third-order valence-electron chi connectivity index (χ3n) is 13.4. The molecule has 15 rings (SSSR count). The van der Waals surface area contributed by atoms with Crippen LogP contribution in [0.5, 0.6) is 0 Å². The Morgan fingerprint density at radius 1 is 0.348 bits per heavy atom. The van der Waals surface area contributed by atoms with Gasteiger partial charge in [-0.05, 0) is 100 Å². The summed E-state index contributed by atoms with van der Waals surface area (Å²) in [6.07, 6.45) is 0. The summed E-state index contributed by atoms with van der Waals surface area (Å²) in [5.74, 6) is 1.81. The van der Waals surface area contributed by atoms with E-state index in [0.29, 0.717) is 17.5 Å². The zero-order valence-corrected chi connectivity index (χ0v) is 36.6. The van der Waals surface area contributed by atoms with Gasteiger partial charge in [-0.15, -0.1) is 22.7 Å². The topological polar surface area (TPSA) is 56.7 Å². The van der Waals surface area contributed by atoms with Crippen molar-refractivity contribution in [2.75, 3.05) is 0 Å². The van der Waals surface area contributed by atoms with Crippen molar-refractivity contribution >= 4 is 128 Å². The Labute approximate surface area is 384 Å². The quantitative estimate of drug-likeness (QED) is 0.177. The number of para-hydroxylation sites is 1. The van der Waals surface area contributed by atoms with Crippen molar-refractivity contribution in [3.63, 3.8) is 0 Å². The van der Waals surface area contributed by atoms with Crippen LogP contribution in [0.1, 0.15) is 0 Å². The van der Waals surface area contributed by atoms with E-state index in [0.717, 1.165) is 55.3 Å². The number of furan rings is 1. The van der Waals surface area contributed by atoms with Crippen LogP contribution in [0.15, 0.2) is 199 Å². The van der Waals surface area contributed by atoms with Gasteiger partial charge in [0.1, 0.15) is 11.2 Å². The summed E-state index contributed by atoms with van der Waals surface area (Å²) in [5, 5.41) is 14.1. The molecule has 0 saturated carbocycles. The lowest BCUT2D eigenvalue weighted by molar-refractivity contribution is 0.668. The van der Waals surface area contributed by atoms with Crippen LogP contribution in [-0.4, -0.2) is 19.5 Å². The van der Waals surface area contributed by atoms with E-state index in [1.807, 2.05) is 34.8 Å². The van der Waals surface area contributed by atoms with Gasteiger partial charge < -0.3 is 8.98 Å². The van der Waals surface area contributed by atoms with Gasteiger partial charge >= 0.3 is 0 Å². The number of hydrogen-bond donors (Lipinski definition) is 0. The molecule has 0 aliphatic carbocycles. The van der Waals surface area contributed by atoms with Gasteiger partial charge in [-0.2, -0.15) is 0 Å². The molecule has 0 bridgehead atoms. The number of thiophene rings is 2. The molecule has 0 aliphatic heterocycles. The number of benzene rings is 10. The Kier molecular flexibility index (Phi) is 7.47. The molecule has 0 N–H and O–H groups in total. The lowest BCUT2D eigenvalue weighted by Crippen LogP contribution is -2.02. The molecule has 0 radical (unpaired) electrons. The van der Waals surface area contributed by atoms with E-state index in [1.54, 1.807) is 0 Å². The molecule has 15 aromatic rings. The van der Waals surface area contributed by atoms with Crippen LogP contribution in [-0.2, 0) is 0 Å². The number of rotatable bonds is 4. The lowest BCUT2D eigenvalue weighted by Gasteiger charge is -2.13. The zero-order valence-electron chi connectivity index (χ0n) is 35.0. The SMILES string of the molecule is c1ccc2cc3c(cc2c1)c1c2ccccc2ccc1n3-c1cc(-c2nc(-c3ccc4sc5ccccc5c4c3)nc(-c3ccc4sc5ccccc5c4c3)n2)c2c(c1)oc1ccccc12. The summed E-state index contributed by atoms with van der Waals surface area (Å²) in [6.45, 7) is 0. The number of aromatic nitrogens is 4. The summed E-state index contributed by atoms with van der Waals surface area (Å²) in [6, 6.07) is 69.7. The maximum Gasteiger partial charge on any atom is 0.164 e. The summed E-state index contributed by atoms with van der Waals surface area (Å²) in [4.78, 5) is 16.3. The molecule has 10 aromatic carbocycles. The summed E-state index contributed by atoms with van der Waals surface area (Å²) in [5.41, 5.74) is 7.51. The molecule has 0 fully saturated rings. The van der Waals surface area contributed by atoms with Crippen LogP contribution in [0.4, 0.5) is 0 Å². The van der Waals surface area contributed by atoms with Gasteiger partial charge in [-0.3, -0.25) is 0 Å². The van der Waals surface area contributed by atoms with Crippen LogP contribution in [0.3, 0.4) is 0 Å². The first kappa shape index (κ1) is 36.1. The van der Waals surface area contributed by atoms with Gasteiger partial charge in [0.15, 0.2) is 17.5 Å². The molecule has 7 heteroatoms. The third kappa shape index (κ3) is 5.29. The van der Waals surface area contributed by atoms with E-state index in [4.69, 9.17) is 19.4 Å². The van der Waals surface area contributed by atoms with Crippen LogP contribution >= 0.6 is 22.7 Å². The molecule has 0 unspecified atom stereocenters. The predicted octanol–water partition coefficient (Wildman–Crippen LogP) is 16.9. The maximum absolute atomic E-state index is 6.83. The molecule has 0 aliphatic rings. The predicted molar refractivity (Wildman–Crippen MR) is 279 cm³/mol. The van der Waals surface area contributed by atoms with Gasteiger partial charge in [-0.25, -0.2) is 15.0 Å². The van der Waals surface area contributed by atoms with Crippen molar-refractivity contribution in [2.45, 2.75) is 0 Å². The normalized spacial score (nSPS) is 12.2. The highest BCUT2D eigenvalue weighted by Crippen LogP contribution is 2.44. The molecule has 5 aromatic heterocycles. The zero-order chi connectivity index (χ0) is 43.0. The average Bonchev–Trinajstić information content (AvgIpc) is 4.13. The Bertz CT molecular complexity index is 4420. The Morgan fingerprint density at radius 3 is 1.61 bits per heavy atom. The fourth-order valence-electron chi connectivity index (χ4n) is 10.4. The molecule has 0 amide bonds. The number of fused-ring (bicyclic) bond motifs is 15. The molecule has 5 heterocycles. The smallest absolute Gasteiger partial charge is 0.164 e. The van der Waals surface area contributed by atoms with Gasteiger partial charge in [-0.1, -0.05) is 109 Å². The summed E-state index contributed by atoms with van der Waals surface area (Å²) in [7, 11) is 0. The van der Waals surface area contributed by atoms with E-state index in [2.05, 4.69) is 187 Å². The van der Waals surface area contributed by atoms with Crippen LogP contribution in [0.2, 0.25) is 0 Å². The minimum Gasteiger partial charge on any atom is -0.456 e. The van der Waals surface area contributed by atoms with Crippen molar-refractivity contribution in [3.8, 4) is 39.9 Å². The minimum absolute atomic E-state index is 0.579.